The van der Waals surface area contributed by atoms with Gasteiger partial charge in [-0.15, -0.1) is 0 Å². The molecule has 0 aliphatic carbocycles. The van der Waals surface area contributed by atoms with Crippen molar-refractivity contribution >= 4 is 0 Å². The number of hydrogen-bond donors (Lipinski definition) is 1. The molecule has 3 rings (SSSR count). The highest BCUT2D eigenvalue weighted by Crippen LogP contribution is 2.32. The van der Waals surface area contributed by atoms with Crippen molar-refractivity contribution in [2.75, 3.05) is 0 Å². The number of hydrogen-bond acceptors (Lipinski definition) is 2. The van der Waals surface area contributed by atoms with Crippen LogP contribution < -0.4 is 4.74 Å². The lowest BCUT2D eigenvalue weighted by molar-refractivity contribution is 0.282. The van der Waals surface area contributed by atoms with E-state index in [0.29, 0.717) is 11.1 Å². The fraction of sp³-hybridized carbons (Fsp3) is 0.100. The molecular formula is C20H16F2O2. The third-order valence-electron chi connectivity index (χ3n) is 3.76. The summed E-state index contributed by atoms with van der Waals surface area (Å²) in [4.78, 5) is 0. The molecule has 24 heavy (non-hydrogen) atoms. The van der Waals surface area contributed by atoms with E-state index >= 15 is 0 Å². The highest BCUT2D eigenvalue weighted by Gasteiger charge is 2.17. The minimum Gasteiger partial charge on any atom is -0.486 e. The van der Waals surface area contributed by atoms with Crippen molar-refractivity contribution < 1.29 is 18.6 Å². The largest absolute Gasteiger partial charge is 0.486 e. The van der Waals surface area contributed by atoms with E-state index in [1.54, 1.807) is 24.3 Å². The van der Waals surface area contributed by atoms with Crippen LogP contribution in [0, 0.1) is 11.6 Å². The number of aliphatic hydroxyl groups is 1. The molecule has 122 valence electrons. The van der Waals surface area contributed by atoms with Crippen LogP contribution in [0.15, 0.2) is 66.7 Å². The van der Waals surface area contributed by atoms with Gasteiger partial charge in [0.15, 0.2) is 11.6 Å². The Kier molecular flexibility index (Phi) is 4.87. The highest BCUT2D eigenvalue weighted by atomic mass is 19.2. The molecule has 0 bridgehead atoms. The molecule has 0 heterocycles. The Morgan fingerprint density at radius 1 is 0.750 bits per heavy atom. The van der Waals surface area contributed by atoms with Gasteiger partial charge < -0.3 is 9.84 Å². The van der Waals surface area contributed by atoms with E-state index in [1.165, 1.54) is 12.1 Å². The van der Waals surface area contributed by atoms with Gasteiger partial charge in [-0.05, 0) is 28.8 Å². The van der Waals surface area contributed by atoms with E-state index in [-0.39, 0.29) is 24.5 Å². The number of aliphatic hydroxyl groups excluding tert-OH is 1. The Bertz CT molecular complexity index is 832. The van der Waals surface area contributed by atoms with Gasteiger partial charge in [0.1, 0.15) is 6.61 Å². The first kappa shape index (κ1) is 16.1. The first-order chi connectivity index (χ1) is 11.7. The lowest BCUT2D eigenvalue weighted by Gasteiger charge is -2.12. The molecule has 0 aromatic heterocycles. The van der Waals surface area contributed by atoms with Gasteiger partial charge in [0.05, 0.1) is 6.61 Å². The molecule has 0 aliphatic heterocycles. The van der Waals surface area contributed by atoms with Crippen LogP contribution >= 0.6 is 0 Å². The number of halogens is 2. The standard InChI is InChI=1S/C20H16F2O2/c21-19-17(16-9-5-4-8-15(16)12-23)10-11-18(20(19)22)24-13-14-6-2-1-3-7-14/h1-11,23H,12-13H2. The van der Waals surface area contributed by atoms with Crippen LogP contribution in [0.5, 0.6) is 5.75 Å². The maximum Gasteiger partial charge on any atom is 0.201 e. The third kappa shape index (κ3) is 3.29. The van der Waals surface area contributed by atoms with Crippen LogP contribution in [-0.2, 0) is 13.2 Å². The molecule has 0 unspecified atom stereocenters. The number of benzene rings is 3. The van der Waals surface area contributed by atoms with E-state index in [9.17, 15) is 13.9 Å². The SMILES string of the molecule is OCc1ccccc1-c1ccc(OCc2ccccc2)c(F)c1F. The summed E-state index contributed by atoms with van der Waals surface area (Å²) in [5.41, 5.74) is 1.97. The van der Waals surface area contributed by atoms with Crippen molar-refractivity contribution in [3.05, 3.63) is 89.5 Å². The first-order valence-electron chi connectivity index (χ1n) is 7.54. The molecule has 0 spiro atoms. The predicted molar refractivity (Wildman–Crippen MR) is 88.5 cm³/mol. The molecule has 2 nitrogen and oxygen atoms in total. The second-order valence-electron chi connectivity index (χ2n) is 5.33. The van der Waals surface area contributed by atoms with E-state index < -0.39 is 11.6 Å². The van der Waals surface area contributed by atoms with Gasteiger partial charge in [0, 0.05) is 5.56 Å². The lowest BCUT2D eigenvalue weighted by Crippen LogP contribution is -2.01. The zero-order chi connectivity index (χ0) is 16.9. The first-order valence-corrected chi connectivity index (χ1v) is 7.54. The number of rotatable bonds is 5. The van der Waals surface area contributed by atoms with Crippen molar-refractivity contribution in [1.29, 1.82) is 0 Å². The van der Waals surface area contributed by atoms with Gasteiger partial charge in [-0.3, -0.25) is 0 Å². The second-order valence-corrected chi connectivity index (χ2v) is 5.33. The summed E-state index contributed by atoms with van der Waals surface area (Å²) in [6.45, 7) is -0.0900. The van der Waals surface area contributed by atoms with Crippen LogP contribution in [0.1, 0.15) is 11.1 Å². The predicted octanol–water partition coefficient (Wildman–Crippen LogP) is 4.70. The zero-order valence-electron chi connectivity index (χ0n) is 12.9. The average Bonchev–Trinajstić information content (AvgIpc) is 2.64. The quantitative estimate of drug-likeness (QED) is 0.736. The van der Waals surface area contributed by atoms with E-state index in [4.69, 9.17) is 4.74 Å². The molecule has 0 fully saturated rings. The fourth-order valence-electron chi connectivity index (χ4n) is 2.51. The maximum absolute atomic E-state index is 14.5. The molecule has 0 atom stereocenters. The third-order valence-corrected chi connectivity index (χ3v) is 3.76. The van der Waals surface area contributed by atoms with Gasteiger partial charge in [0.25, 0.3) is 0 Å². The fourth-order valence-corrected chi connectivity index (χ4v) is 2.51. The van der Waals surface area contributed by atoms with Crippen molar-refractivity contribution in [1.82, 2.24) is 0 Å². The monoisotopic (exact) mass is 326 g/mol. The van der Waals surface area contributed by atoms with Gasteiger partial charge in [-0.25, -0.2) is 4.39 Å². The Balaban J connectivity index is 1.89. The van der Waals surface area contributed by atoms with Crippen molar-refractivity contribution in [2.45, 2.75) is 13.2 Å². The van der Waals surface area contributed by atoms with E-state index in [0.717, 1.165) is 5.56 Å². The van der Waals surface area contributed by atoms with Crippen molar-refractivity contribution in [3.63, 3.8) is 0 Å². The van der Waals surface area contributed by atoms with E-state index in [2.05, 4.69) is 0 Å². The van der Waals surface area contributed by atoms with Crippen LogP contribution in [0.25, 0.3) is 11.1 Å². The smallest absolute Gasteiger partial charge is 0.201 e. The van der Waals surface area contributed by atoms with Gasteiger partial charge in [-0.2, -0.15) is 4.39 Å². The summed E-state index contributed by atoms with van der Waals surface area (Å²) >= 11 is 0. The molecule has 0 saturated heterocycles. The molecule has 0 saturated carbocycles. The molecule has 1 N–H and O–H groups in total. The Labute approximate surface area is 139 Å². The maximum atomic E-state index is 14.5. The summed E-state index contributed by atoms with van der Waals surface area (Å²) in [5.74, 6) is -2.15. The highest BCUT2D eigenvalue weighted by molar-refractivity contribution is 5.68. The Morgan fingerprint density at radius 3 is 2.21 bits per heavy atom. The Morgan fingerprint density at radius 2 is 1.46 bits per heavy atom. The van der Waals surface area contributed by atoms with Gasteiger partial charge in [0.2, 0.25) is 5.82 Å². The van der Waals surface area contributed by atoms with E-state index in [1.807, 2.05) is 30.3 Å². The molecular weight excluding hydrogens is 310 g/mol. The van der Waals surface area contributed by atoms with Crippen molar-refractivity contribution in [2.24, 2.45) is 0 Å². The molecule has 3 aromatic rings. The minimum absolute atomic E-state index is 0.101. The summed E-state index contributed by atoms with van der Waals surface area (Å²) in [6, 6.07) is 18.9. The summed E-state index contributed by atoms with van der Waals surface area (Å²) < 4.78 is 34.2. The summed E-state index contributed by atoms with van der Waals surface area (Å²) in [6.07, 6.45) is 0. The van der Waals surface area contributed by atoms with Crippen LogP contribution in [-0.4, -0.2) is 5.11 Å². The van der Waals surface area contributed by atoms with Crippen LogP contribution in [0.2, 0.25) is 0 Å². The summed E-state index contributed by atoms with van der Waals surface area (Å²) in [5, 5.41) is 9.36. The normalized spacial score (nSPS) is 10.6. The number of ether oxygens (including phenoxy) is 1. The lowest BCUT2D eigenvalue weighted by atomic mass is 9.99. The molecule has 4 heteroatoms. The van der Waals surface area contributed by atoms with Gasteiger partial charge >= 0.3 is 0 Å². The average molecular weight is 326 g/mol. The van der Waals surface area contributed by atoms with Crippen LogP contribution in [0.3, 0.4) is 0 Å². The molecule has 0 aliphatic rings. The molecule has 0 amide bonds. The van der Waals surface area contributed by atoms with Crippen LogP contribution in [0.4, 0.5) is 8.78 Å². The zero-order valence-corrected chi connectivity index (χ0v) is 12.9. The molecule has 3 aromatic carbocycles. The summed E-state index contributed by atoms with van der Waals surface area (Å²) in [7, 11) is 0. The second kappa shape index (κ2) is 7.23. The molecule has 0 radical (unpaired) electrons. The van der Waals surface area contributed by atoms with Gasteiger partial charge in [-0.1, -0.05) is 54.6 Å². The Hall–Kier alpha value is -2.72. The topological polar surface area (TPSA) is 29.5 Å². The van der Waals surface area contributed by atoms with Crippen molar-refractivity contribution in [3.8, 4) is 16.9 Å². The minimum atomic E-state index is -1.03.